The first-order valence-corrected chi connectivity index (χ1v) is 5.65. The standard InChI is InChI=1S/C12H16ClNO3/c1-7-9(13)5-8(6-11(7)17-2)10(14)3-4-12(15)16/h5-6,10H,3-4,14H2,1-2H3,(H,15,16). The molecule has 3 N–H and O–H groups in total. The fourth-order valence-electron chi connectivity index (χ4n) is 1.55. The second-order valence-electron chi connectivity index (χ2n) is 3.87. The lowest BCUT2D eigenvalue weighted by atomic mass is 10.0. The van der Waals surface area contributed by atoms with E-state index in [0.717, 1.165) is 11.1 Å². The first-order chi connectivity index (χ1) is 7.95. The van der Waals surface area contributed by atoms with Gasteiger partial charge in [0, 0.05) is 23.0 Å². The van der Waals surface area contributed by atoms with Crippen molar-refractivity contribution in [3.63, 3.8) is 0 Å². The van der Waals surface area contributed by atoms with Gasteiger partial charge in [0.05, 0.1) is 7.11 Å². The Hall–Kier alpha value is -1.26. The molecule has 0 aliphatic carbocycles. The van der Waals surface area contributed by atoms with Crippen molar-refractivity contribution >= 4 is 17.6 Å². The average molecular weight is 258 g/mol. The summed E-state index contributed by atoms with van der Waals surface area (Å²) in [5.74, 6) is -0.191. The van der Waals surface area contributed by atoms with Crippen molar-refractivity contribution in [2.75, 3.05) is 7.11 Å². The molecule has 0 amide bonds. The molecule has 0 bridgehead atoms. The first kappa shape index (κ1) is 13.8. The zero-order chi connectivity index (χ0) is 13.0. The Kier molecular flexibility index (Phi) is 4.78. The number of carbonyl (C=O) groups is 1. The number of ether oxygens (including phenoxy) is 1. The number of hydrogen-bond donors (Lipinski definition) is 2. The zero-order valence-corrected chi connectivity index (χ0v) is 10.6. The Balaban J connectivity index is 2.90. The van der Waals surface area contributed by atoms with E-state index >= 15 is 0 Å². The first-order valence-electron chi connectivity index (χ1n) is 5.27. The number of carboxylic acids is 1. The van der Waals surface area contributed by atoms with Gasteiger partial charge in [-0.05, 0) is 31.0 Å². The second-order valence-corrected chi connectivity index (χ2v) is 4.28. The van der Waals surface area contributed by atoms with Crippen molar-refractivity contribution in [1.82, 2.24) is 0 Å². The van der Waals surface area contributed by atoms with Crippen LogP contribution in [0.4, 0.5) is 0 Å². The molecule has 0 aromatic heterocycles. The quantitative estimate of drug-likeness (QED) is 0.850. The van der Waals surface area contributed by atoms with E-state index < -0.39 is 5.97 Å². The zero-order valence-electron chi connectivity index (χ0n) is 9.87. The van der Waals surface area contributed by atoms with E-state index in [-0.39, 0.29) is 12.5 Å². The smallest absolute Gasteiger partial charge is 0.303 e. The van der Waals surface area contributed by atoms with E-state index in [2.05, 4.69) is 0 Å². The summed E-state index contributed by atoms with van der Waals surface area (Å²) in [6, 6.07) is 3.21. The lowest BCUT2D eigenvalue weighted by Gasteiger charge is -2.14. The predicted octanol–water partition coefficient (Wildman–Crippen LogP) is 2.52. The maximum Gasteiger partial charge on any atom is 0.303 e. The average Bonchev–Trinajstić information content (AvgIpc) is 2.29. The topological polar surface area (TPSA) is 72.5 Å². The van der Waals surface area contributed by atoms with Crippen LogP contribution in [0.15, 0.2) is 12.1 Å². The number of halogens is 1. The van der Waals surface area contributed by atoms with Crippen LogP contribution < -0.4 is 10.5 Å². The molecule has 1 unspecified atom stereocenters. The van der Waals surface area contributed by atoms with Crippen LogP contribution in [0.5, 0.6) is 5.75 Å². The van der Waals surface area contributed by atoms with Crippen LogP contribution in [0.25, 0.3) is 0 Å². The molecule has 0 radical (unpaired) electrons. The highest BCUT2D eigenvalue weighted by Gasteiger charge is 2.13. The Bertz CT molecular complexity index is 420. The highest BCUT2D eigenvalue weighted by molar-refractivity contribution is 6.31. The molecule has 1 rings (SSSR count). The summed E-state index contributed by atoms with van der Waals surface area (Å²) in [5, 5.41) is 9.18. The third-order valence-corrected chi connectivity index (χ3v) is 3.03. The lowest BCUT2D eigenvalue weighted by Crippen LogP contribution is -2.12. The van der Waals surface area contributed by atoms with E-state index in [9.17, 15) is 4.79 Å². The summed E-state index contributed by atoms with van der Waals surface area (Å²) in [7, 11) is 1.56. The molecule has 17 heavy (non-hydrogen) atoms. The van der Waals surface area contributed by atoms with Gasteiger partial charge < -0.3 is 15.6 Å². The Morgan fingerprint density at radius 1 is 1.59 bits per heavy atom. The van der Waals surface area contributed by atoms with Crippen LogP contribution in [0.1, 0.15) is 30.0 Å². The Morgan fingerprint density at radius 3 is 2.76 bits per heavy atom. The van der Waals surface area contributed by atoms with Crippen molar-refractivity contribution < 1.29 is 14.6 Å². The number of rotatable bonds is 5. The van der Waals surface area contributed by atoms with Gasteiger partial charge in [-0.15, -0.1) is 0 Å². The van der Waals surface area contributed by atoms with Gasteiger partial charge in [-0.1, -0.05) is 11.6 Å². The fourth-order valence-corrected chi connectivity index (χ4v) is 1.76. The molecule has 1 aromatic rings. The van der Waals surface area contributed by atoms with Crippen molar-refractivity contribution in [2.45, 2.75) is 25.8 Å². The number of methoxy groups -OCH3 is 1. The van der Waals surface area contributed by atoms with Gasteiger partial charge in [-0.25, -0.2) is 0 Å². The largest absolute Gasteiger partial charge is 0.496 e. The molecule has 1 atom stereocenters. The van der Waals surface area contributed by atoms with Gasteiger partial charge >= 0.3 is 5.97 Å². The third-order valence-electron chi connectivity index (χ3n) is 2.64. The molecule has 1 aromatic carbocycles. The molecular weight excluding hydrogens is 242 g/mol. The molecule has 0 fully saturated rings. The summed E-state index contributed by atoms with van der Waals surface area (Å²) in [4.78, 5) is 10.5. The third kappa shape index (κ3) is 3.61. The molecule has 0 spiro atoms. The summed E-state index contributed by atoms with van der Waals surface area (Å²) in [6.07, 6.45) is 0.410. The fraction of sp³-hybridized carbons (Fsp3) is 0.417. The number of nitrogens with two attached hydrogens (primary N) is 1. The van der Waals surface area contributed by atoms with Crippen LogP contribution in [-0.2, 0) is 4.79 Å². The summed E-state index contributed by atoms with van der Waals surface area (Å²) in [6.45, 7) is 1.85. The molecule has 5 heteroatoms. The summed E-state index contributed by atoms with van der Waals surface area (Å²) < 4.78 is 5.19. The maximum atomic E-state index is 10.5. The molecular formula is C12H16ClNO3. The van der Waals surface area contributed by atoms with Gasteiger partial charge in [-0.2, -0.15) is 0 Å². The minimum Gasteiger partial charge on any atom is -0.496 e. The molecule has 0 aliphatic rings. The SMILES string of the molecule is COc1cc(C(N)CCC(=O)O)cc(Cl)c1C. The van der Waals surface area contributed by atoms with Crippen molar-refractivity contribution in [2.24, 2.45) is 5.73 Å². The van der Waals surface area contributed by atoms with Crippen LogP contribution in [-0.4, -0.2) is 18.2 Å². The van der Waals surface area contributed by atoms with Crippen LogP contribution in [0.2, 0.25) is 5.02 Å². The van der Waals surface area contributed by atoms with E-state index in [0.29, 0.717) is 17.2 Å². The molecule has 94 valence electrons. The van der Waals surface area contributed by atoms with Crippen LogP contribution in [0, 0.1) is 6.92 Å². The van der Waals surface area contributed by atoms with Crippen molar-refractivity contribution in [1.29, 1.82) is 0 Å². The van der Waals surface area contributed by atoms with Gasteiger partial charge in [0.25, 0.3) is 0 Å². The predicted molar refractivity (Wildman–Crippen MR) is 66.5 cm³/mol. The van der Waals surface area contributed by atoms with Gasteiger partial charge in [0.15, 0.2) is 0 Å². The number of benzene rings is 1. The summed E-state index contributed by atoms with van der Waals surface area (Å²) >= 11 is 6.05. The Labute approximate surface area is 105 Å². The van der Waals surface area contributed by atoms with Gasteiger partial charge in [0.1, 0.15) is 5.75 Å². The number of carboxylic acid groups (broad SMARTS) is 1. The molecule has 0 aliphatic heterocycles. The maximum absolute atomic E-state index is 10.5. The van der Waals surface area contributed by atoms with E-state index in [1.165, 1.54) is 0 Å². The normalized spacial score (nSPS) is 12.2. The molecule has 0 saturated heterocycles. The molecule has 0 saturated carbocycles. The van der Waals surface area contributed by atoms with Crippen molar-refractivity contribution in [3.05, 3.63) is 28.3 Å². The van der Waals surface area contributed by atoms with Crippen LogP contribution >= 0.6 is 11.6 Å². The lowest BCUT2D eigenvalue weighted by molar-refractivity contribution is -0.137. The monoisotopic (exact) mass is 257 g/mol. The molecule has 4 nitrogen and oxygen atoms in total. The van der Waals surface area contributed by atoms with E-state index in [1.54, 1.807) is 19.2 Å². The van der Waals surface area contributed by atoms with E-state index in [1.807, 2.05) is 6.92 Å². The number of aliphatic carboxylic acids is 1. The highest BCUT2D eigenvalue weighted by atomic mass is 35.5. The minimum absolute atomic E-state index is 0.0367. The summed E-state index contributed by atoms with van der Waals surface area (Å²) in [5.41, 5.74) is 7.55. The second kappa shape index (κ2) is 5.89. The van der Waals surface area contributed by atoms with Crippen LogP contribution in [0.3, 0.4) is 0 Å². The molecule has 0 heterocycles. The van der Waals surface area contributed by atoms with Gasteiger partial charge in [0.2, 0.25) is 0 Å². The van der Waals surface area contributed by atoms with Gasteiger partial charge in [-0.3, -0.25) is 4.79 Å². The minimum atomic E-state index is -0.856. The van der Waals surface area contributed by atoms with Crippen molar-refractivity contribution in [3.8, 4) is 5.75 Å². The highest BCUT2D eigenvalue weighted by Crippen LogP contribution is 2.30. The number of hydrogen-bond acceptors (Lipinski definition) is 3. The van der Waals surface area contributed by atoms with E-state index in [4.69, 9.17) is 27.2 Å². The Morgan fingerprint density at radius 2 is 2.24 bits per heavy atom.